The van der Waals surface area contributed by atoms with Crippen molar-refractivity contribution in [3.05, 3.63) is 12.4 Å². The molecule has 0 fully saturated rings. The highest BCUT2D eigenvalue weighted by Crippen LogP contribution is 2.16. The van der Waals surface area contributed by atoms with E-state index in [2.05, 4.69) is 9.97 Å². The molecule has 0 spiro atoms. The molecule has 6 heteroatoms. The van der Waals surface area contributed by atoms with Crippen molar-refractivity contribution in [2.45, 2.75) is 26.7 Å². The SMILES string of the molecule is CCCOc1cc(N(CC)CCC(=O)O)ncn1. The number of nitrogens with zero attached hydrogens (tertiary/aromatic N) is 3. The Morgan fingerprint density at radius 1 is 1.44 bits per heavy atom. The first kappa shape index (κ1) is 14.2. The molecular formula is C12H19N3O3. The monoisotopic (exact) mass is 253 g/mol. The number of carboxylic acids is 1. The van der Waals surface area contributed by atoms with Gasteiger partial charge in [-0.1, -0.05) is 6.92 Å². The minimum absolute atomic E-state index is 0.0863. The van der Waals surface area contributed by atoms with Crippen LogP contribution in [-0.2, 0) is 4.79 Å². The van der Waals surface area contributed by atoms with E-state index in [-0.39, 0.29) is 6.42 Å². The molecule has 1 rings (SSSR count). The van der Waals surface area contributed by atoms with Crippen LogP contribution in [0.1, 0.15) is 26.7 Å². The Morgan fingerprint density at radius 3 is 2.83 bits per heavy atom. The molecule has 0 bridgehead atoms. The molecule has 18 heavy (non-hydrogen) atoms. The van der Waals surface area contributed by atoms with Crippen LogP contribution in [0.2, 0.25) is 0 Å². The van der Waals surface area contributed by atoms with Gasteiger partial charge in [0.05, 0.1) is 13.0 Å². The lowest BCUT2D eigenvalue weighted by atomic mass is 10.3. The number of ether oxygens (including phenoxy) is 1. The fraction of sp³-hybridized carbons (Fsp3) is 0.583. The van der Waals surface area contributed by atoms with Crippen molar-refractivity contribution in [2.24, 2.45) is 0 Å². The van der Waals surface area contributed by atoms with Gasteiger partial charge in [0.25, 0.3) is 0 Å². The van der Waals surface area contributed by atoms with Gasteiger partial charge in [0, 0.05) is 19.2 Å². The highest BCUT2D eigenvalue weighted by molar-refractivity contribution is 5.67. The molecule has 0 aliphatic heterocycles. The summed E-state index contributed by atoms with van der Waals surface area (Å²) in [6.07, 6.45) is 2.43. The number of aromatic nitrogens is 2. The van der Waals surface area contributed by atoms with Crippen LogP contribution in [0.25, 0.3) is 0 Å². The first-order valence-corrected chi connectivity index (χ1v) is 6.09. The second-order valence-electron chi connectivity index (χ2n) is 3.79. The van der Waals surface area contributed by atoms with Crippen LogP contribution in [-0.4, -0.2) is 40.7 Å². The van der Waals surface area contributed by atoms with Crippen molar-refractivity contribution in [2.75, 3.05) is 24.6 Å². The number of carbonyl (C=O) groups is 1. The third-order valence-corrected chi connectivity index (χ3v) is 2.38. The summed E-state index contributed by atoms with van der Waals surface area (Å²) < 4.78 is 5.42. The summed E-state index contributed by atoms with van der Waals surface area (Å²) >= 11 is 0. The molecule has 6 nitrogen and oxygen atoms in total. The third kappa shape index (κ3) is 4.57. The molecule has 0 saturated heterocycles. The normalized spacial score (nSPS) is 10.1. The second-order valence-corrected chi connectivity index (χ2v) is 3.79. The van der Waals surface area contributed by atoms with Gasteiger partial charge in [-0.2, -0.15) is 0 Å². The van der Waals surface area contributed by atoms with E-state index in [1.165, 1.54) is 6.33 Å². The zero-order chi connectivity index (χ0) is 13.4. The van der Waals surface area contributed by atoms with Crippen molar-refractivity contribution in [1.29, 1.82) is 0 Å². The summed E-state index contributed by atoms with van der Waals surface area (Å²) in [4.78, 5) is 20.6. The third-order valence-electron chi connectivity index (χ3n) is 2.38. The summed E-state index contributed by atoms with van der Waals surface area (Å²) in [5.41, 5.74) is 0. The number of hydrogen-bond donors (Lipinski definition) is 1. The van der Waals surface area contributed by atoms with Gasteiger partial charge in [-0.3, -0.25) is 4.79 Å². The molecule has 1 heterocycles. The van der Waals surface area contributed by atoms with Crippen LogP contribution >= 0.6 is 0 Å². The lowest BCUT2D eigenvalue weighted by Gasteiger charge is -2.21. The highest BCUT2D eigenvalue weighted by atomic mass is 16.5. The van der Waals surface area contributed by atoms with Gasteiger partial charge < -0.3 is 14.7 Å². The van der Waals surface area contributed by atoms with Gasteiger partial charge >= 0.3 is 5.97 Å². The van der Waals surface area contributed by atoms with E-state index < -0.39 is 5.97 Å². The van der Waals surface area contributed by atoms with E-state index in [0.29, 0.717) is 31.4 Å². The Balaban J connectivity index is 2.69. The summed E-state index contributed by atoms with van der Waals surface area (Å²) in [5.74, 6) is 0.403. The smallest absolute Gasteiger partial charge is 0.305 e. The van der Waals surface area contributed by atoms with Gasteiger partial charge in [0.15, 0.2) is 0 Å². The molecule has 0 amide bonds. The van der Waals surface area contributed by atoms with Gasteiger partial charge in [0.2, 0.25) is 5.88 Å². The summed E-state index contributed by atoms with van der Waals surface area (Å²) in [5, 5.41) is 8.69. The maximum absolute atomic E-state index is 10.6. The maximum Gasteiger partial charge on any atom is 0.305 e. The number of carboxylic acid groups (broad SMARTS) is 1. The van der Waals surface area contributed by atoms with Crippen molar-refractivity contribution in [3.8, 4) is 5.88 Å². The first-order valence-electron chi connectivity index (χ1n) is 6.09. The van der Waals surface area contributed by atoms with Gasteiger partial charge in [-0.25, -0.2) is 9.97 Å². The summed E-state index contributed by atoms with van der Waals surface area (Å²) in [6.45, 7) is 5.70. The zero-order valence-electron chi connectivity index (χ0n) is 10.8. The topological polar surface area (TPSA) is 75.5 Å². The molecule has 1 aromatic rings. The second kappa shape index (κ2) is 7.47. The van der Waals surface area contributed by atoms with Crippen molar-refractivity contribution in [3.63, 3.8) is 0 Å². The number of hydrogen-bond acceptors (Lipinski definition) is 5. The number of rotatable bonds is 8. The molecule has 1 aromatic heterocycles. The van der Waals surface area contributed by atoms with Crippen LogP contribution in [0.5, 0.6) is 5.88 Å². The maximum atomic E-state index is 10.6. The fourth-order valence-corrected chi connectivity index (χ4v) is 1.45. The van der Waals surface area contributed by atoms with Gasteiger partial charge in [-0.15, -0.1) is 0 Å². The minimum atomic E-state index is -0.815. The number of anilines is 1. The lowest BCUT2D eigenvalue weighted by Crippen LogP contribution is -2.26. The number of aliphatic carboxylic acids is 1. The van der Waals surface area contributed by atoms with E-state index >= 15 is 0 Å². The first-order chi connectivity index (χ1) is 8.67. The van der Waals surface area contributed by atoms with E-state index in [0.717, 1.165) is 6.42 Å². The highest BCUT2D eigenvalue weighted by Gasteiger charge is 2.09. The summed E-state index contributed by atoms with van der Waals surface area (Å²) in [7, 11) is 0. The Bertz CT molecular complexity index is 385. The van der Waals surface area contributed by atoms with Crippen LogP contribution < -0.4 is 9.64 Å². The molecule has 100 valence electrons. The molecule has 0 atom stereocenters. The van der Waals surface area contributed by atoms with E-state index in [9.17, 15) is 4.79 Å². The predicted molar refractivity (Wildman–Crippen MR) is 68.0 cm³/mol. The van der Waals surface area contributed by atoms with Crippen molar-refractivity contribution >= 4 is 11.8 Å². The van der Waals surface area contributed by atoms with E-state index in [1.54, 1.807) is 6.07 Å². The molecular weight excluding hydrogens is 234 g/mol. The average molecular weight is 253 g/mol. The molecule has 0 unspecified atom stereocenters. The zero-order valence-corrected chi connectivity index (χ0v) is 10.8. The Kier molecular flexibility index (Phi) is 5.90. The predicted octanol–water partition coefficient (Wildman–Crippen LogP) is 1.57. The molecule has 0 aliphatic rings. The van der Waals surface area contributed by atoms with E-state index in [4.69, 9.17) is 9.84 Å². The molecule has 0 aliphatic carbocycles. The Labute approximate surface area is 107 Å². The van der Waals surface area contributed by atoms with Crippen LogP contribution in [0.15, 0.2) is 12.4 Å². The Hall–Kier alpha value is -1.85. The molecule has 0 saturated carbocycles. The van der Waals surface area contributed by atoms with Crippen molar-refractivity contribution < 1.29 is 14.6 Å². The molecule has 0 radical (unpaired) electrons. The van der Waals surface area contributed by atoms with Gasteiger partial charge in [-0.05, 0) is 13.3 Å². The molecule has 1 N–H and O–H groups in total. The van der Waals surface area contributed by atoms with Crippen LogP contribution in [0, 0.1) is 0 Å². The van der Waals surface area contributed by atoms with E-state index in [1.807, 2.05) is 18.7 Å². The van der Waals surface area contributed by atoms with Gasteiger partial charge in [0.1, 0.15) is 12.1 Å². The summed E-state index contributed by atoms with van der Waals surface area (Å²) in [6, 6.07) is 1.74. The van der Waals surface area contributed by atoms with Crippen LogP contribution in [0.3, 0.4) is 0 Å². The average Bonchev–Trinajstić information content (AvgIpc) is 2.37. The quantitative estimate of drug-likeness (QED) is 0.757. The fourth-order valence-electron chi connectivity index (χ4n) is 1.45. The minimum Gasteiger partial charge on any atom is -0.481 e. The van der Waals surface area contributed by atoms with Crippen LogP contribution in [0.4, 0.5) is 5.82 Å². The molecule has 0 aromatic carbocycles. The van der Waals surface area contributed by atoms with Crippen molar-refractivity contribution in [1.82, 2.24) is 9.97 Å². The largest absolute Gasteiger partial charge is 0.481 e. The Morgan fingerprint density at radius 2 is 2.22 bits per heavy atom. The standard InChI is InChI=1S/C12H19N3O3/c1-3-7-18-11-8-10(13-9-14-11)15(4-2)6-5-12(16)17/h8-9H,3-7H2,1-2H3,(H,16,17). The lowest BCUT2D eigenvalue weighted by molar-refractivity contribution is -0.136.